The van der Waals surface area contributed by atoms with E-state index in [2.05, 4.69) is 0 Å². The Balaban J connectivity index is 2.38. The smallest absolute Gasteiger partial charge is 0.182 e. The molecule has 0 aliphatic carbocycles. The summed E-state index contributed by atoms with van der Waals surface area (Å²) in [6, 6.07) is 11.3. The van der Waals surface area contributed by atoms with Crippen LogP contribution in [0.5, 0.6) is 5.75 Å². The summed E-state index contributed by atoms with van der Waals surface area (Å²) in [6.45, 7) is 0. The largest absolute Gasteiger partial charge is 0.496 e. The molecule has 2 N–H and O–H groups in total. The lowest BCUT2D eigenvalue weighted by atomic mass is 10.2. The van der Waals surface area contributed by atoms with Crippen LogP contribution in [-0.2, 0) is 15.6 Å². The summed E-state index contributed by atoms with van der Waals surface area (Å²) in [5.41, 5.74) is 6.53. The van der Waals surface area contributed by atoms with Gasteiger partial charge >= 0.3 is 0 Å². The molecule has 0 unspecified atom stereocenters. The van der Waals surface area contributed by atoms with E-state index in [4.69, 9.17) is 22.1 Å². The SMILES string of the molecule is COc1ccccc1CS(=O)(=O)c1ccc(N)c(Cl)c1. The Bertz CT molecular complexity index is 729. The summed E-state index contributed by atoms with van der Waals surface area (Å²) in [5.74, 6) is 0.384. The third-order valence-electron chi connectivity index (χ3n) is 2.87. The van der Waals surface area contributed by atoms with E-state index in [-0.39, 0.29) is 15.7 Å². The second-order valence-electron chi connectivity index (χ2n) is 4.25. The number of methoxy groups -OCH3 is 1. The van der Waals surface area contributed by atoms with Crippen LogP contribution in [0.3, 0.4) is 0 Å². The monoisotopic (exact) mass is 311 g/mol. The second-order valence-corrected chi connectivity index (χ2v) is 6.65. The number of hydrogen-bond acceptors (Lipinski definition) is 4. The zero-order valence-electron chi connectivity index (χ0n) is 10.8. The van der Waals surface area contributed by atoms with Gasteiger partial charge in [0, 0.05) is 5.56 Å². The molecule has 4 nitrogen and oxygen atoms in total. The first-order valence-corrected chi connectivity index (χ1v) is 7.87. The molecule has 20 heavy (non-hydrogen) atoms. The molecular formula is C14H14ClNO3S. The zero-order valence-corrected chi connectivity index (χ0v) is 12.4. The van der Waals surface area contributed by atoms with E-state index >= 15 is 0 Å². The van der Waals surface area contributed by atoms with Gasteiger partial charge in [-0.3, -0.25) is 0 Å². The number of para-hydroxylation sites is 1. The molecule has 2 aromatic rings. The van der Waals surface area contributed by atoms with Gasteiger partial charge in [0.25, 0.3) is 0 Å². The van der Waals surface area contributed by atoms with Gasteiger partial charge in [0.15, 0.2) is 9.84 Å². The number of anilines is 1. The number of nitrogens with two attached hydrogens (primary N) is 1. The normalized spacial score (nSPS) is 11.3. The van der Waals surface area contributed by atoms with Crippen molar-refractivity contribution in [3.63, 3.8) is 0 Å². The van der Waals surface area contributed by atoms with Gasteiger partial charge in [-0.2, -0.15) is 0 Å². The van der Waals surface area contributed by atoms with Gasteiger partial charge in [0.2, 0.25) is 0 Å². The maximum atomic E-state index is 12.4. The minimum absolute atomic E-state index is 0.141. The molecule has 0 bridgehead atoms. The van der Waals surface area contributed by atoms with Crippen molar-refractivity contribution in [1.82, 2.24) is 0 Å². The van der Waals surface area contributed by atoms with Crippen molar-refractivity contribution in [2.24, 2.45) is 0 Å². The molecule has 0 amide bonds. The van der Waals surface area contributed by atoms with Crippen LogP contribution in [0.25, 0.3) is 0 Å². The van der Waals surface area contributed by atoms with Gasteiger partial charge in [-0.25, -0.2) is 8.42 Å². The third kappa shape index (κ3) is 3.05. The van der Waals surface area contributed by atoms with Crippen LogP contribution < -0.4 is 10.5 Å². The van der Waals surface area contributed by atoms with Crippen LogP contribution in [0.1, 0.15) is 5.56 Å². The van der Waals surface area contributed by atoms with Gasteiger partial charge in [0.1, 0.15) is 5.75 Å². The van der Waals surface area contributed by atoms with Crippen molar-refractivity contribution in [1.29, 1.82) is 0 Å². The van der Waals surface area contributed by atoms with Crippen molar-refractivity contribution >= 4 is 27.1 Å². The highest BCUT2D eigenvalue weighted by Gasteiger charge is 2.18. The topological polar surface area (TPSA) is 69.4 Å². The molecule has 0 saturated heterocycles. The highest BCUT2D eigenvalue weighted by Crippen LogP contribution is 2.27. The number of nitrogen functional groups attached to an aromatic ring is 1. The van der Waals surface area contributed by atoms with Gasteiger partial charge in [-0.15, -0.1) is 0 Å². The van der Waals surface area contributed by atoms with Crippen molar-refractivity contribution in [2.75, 3.05) is 12.8 Å². The van der Waals surface area contributed by atoms with Crippen LogP contribution in [0.2, 0.25) is 5.02 Å². The van der Waals surface area contributed by atoms with Crippen LogP contribution in [-0.4, -0.2) is 15.5 Å². The number of rotatable bonds is 4. The summed E-state index contributed by atoms with van der Waals surface area (Å²) in [7, 11) is -2.00. The number of ether oxygens (including phenoxy) is 1. The van der Waals surface area contributed by atoms with E-state index < -0.39 is 9.84 Å². The lowest BCUT2D eigenvalue weighted by Crippen LogP contribution is -2.06. The number of benzene rings is 2. The fourth-order valence-corrected chi connectivity index (χ4v) is 3.44. The zero-order chi connectivity index (χ0) is 14.8. The first kappa shape index (κ1) is 14.7. The van der Waals surface area contributed by atoms with Crippen LogP contribution in [0.15, 0.2) is 47.4 Å². The molecule has 0 aliphatic rings. The maximum absolute atomic E-state index is 12.4. The van der Waals surface area contributed by atoms with E-state index in [0.29, 0.717) is 17.0 Å². The third-order valence-corrected chi connectivity index (χ3v) is 4.86. The molecule has 6 heteroatoms. The Morgan fingerprint density at radius 3 is 2.55 bits per heavy atom. The van der Waals surface area contributed by atoms with Crippen molar-refractivity contribution < 1.29 is 13.2 Å². The summed E-state index contributed by atoms with van der Waals surface area (Å²) in [6.07, 6.45) is 0. The minimum atomic E-state index is -3.51. The molecule has 2 aromatic carbocycles. The molecule has 0 atom stereocenters. The molecular weight excluding hydrogens is 298 g/mol. The van der Waals surface area contributed by atoms with Crippen molar-refractivity contribution in [3.8, 4) is 5.75 Å². The minimum Gasteiger partial charge on any atom is -0.496 e. The maximum Gasteiger partial charge on any atom is 0.182 e. The average molecular weight is 312 g/mol. The molecule has 0 heterocycles. The Labute approximate surface area is 123 Å². The summed E-state index contributed by atoms with van der Waals surface area (Å²) in [5, 5.41) is 0.228. The van der Waals surface area contributed by atoms with Gasteiger partial charge in [0.05, 0.1) is 28.5 Å². The van der Waals surface area contributed by atoms with E-state index in [1.165, 1.54) is 25.3 Å². The summed E-state index contributed by atoms with van der Waals surface area (Å²) < 4.78 is 29.9. The highest BCUT2D eigenvalue weighted by molar-refractivity contribution is 7.90. The van der Waals surface area contributed by atoms with Crippen molar-refractivity contribution in [3.05, 3.63) is 53.1 Å². The predicted molar refractivity (Wildman–Crippen MR) is 79.7 cm³/mol. The van der Waals surface area contributed by atoms with Crippen molar-refractivity contribution in [2.45, 2.75) is 10.6 Å². The summed E-state index contributed by atoms with van der Waals surface area (Å²) in [4.78, 5) is 0.141. The quantitative estimate of drug-likeness (QED) is 0.881. The highest BCUT2D eigenvalue weighted by atomic mass is 35.5. The first-order chi connectivity index (χ1) is 9.44. The van der Waals surface area contributed by atoms with Crippen LogP contribution in [0, 0.1) is 0 Å². The lowest BCUT2D eigenvalue weighted by molar-refractivity contribution is 0.411. The molecule has 0 saturated carbocycles. The van der Waals surface area contributed by atoms with Gasteiger partial charge in [-0.05, 0) is 24.3 Å². The van der Waals surface area contributed by atoms with E-state index in [9.17, 15) is 8.42 Å². The lowest BCUT2D eigenvalue weighted by Gasteiger charge is -2.09. The molecule has 2 rings (SSSR count). The molecule has 0 aromatic heterocycles. The average Bonchev–Trinajstić information content (AvgIpc) is 2.42. The summed E-state index contributed by atoms with van der Waals surface area (Å²) >= 11 is 5.87. The Hall–Kier alpha value is -1.72. The standard InChI is InChI=1S/C14H14ClNO3S/c1-19-14-5-3-2-4-10(14)9-20(17,18)11-6-7-13(16)12(15)8-11/h2-8H,9,16H2,1H3. The second kappa shape index (κ2) is 5.73. The molecule has 106 valence electrons. The Morgan fingerprint density at radius 2 is 1.90 bits per heavy atom. The number of halogens is 1. The fourth-order valence-electron chi connectivity index (χ4n) is 1.81. The Kier molecular flexibility index (Phi) is 4.20. The number of sulfone groups is 1. The van der Waals surface area contributed by atoms with E-state index in [1.807, 2.05) is 0 Å². The van der Waals surface area contributed by atoms with Crippen LogP contribution >= 0.6 is 11.6 Å². The van der Waals surface area contributed by atoms with Gasteiger partial charge < -0.3 is 10.5 Å². The van der Waals surface area contributed by atoms with Crippen LogP contribution in [0.4, 0.5) is 5.69 Å². The predicted octanol–water partition coefficient (Wildman–Crippen LogP) is 2.90. The van der Waals surface area contributed by atoms with E-state index in [1.54, 1.807) is 24.3 Å². The Morgan fingerprint density at radius 1 is 1.20 bits per heavy atom. The first-order valence-electron chi connectivity index (χ1n) is 5.84. The molecule has 0 radical (unpaired) electrons. The molecule has 0 spiro atoms. The molecule has 0 aliphatic heterocycles. The van der Waals surface area contributed by atoms with Gasteiger partial charge in [-0.1, -0.05) is 29.8 Å². The molecule has 0 fully saturated rings. The number of hydrogen-bond donors (Lipinski definition) is 1. The van der Waals surface area contributed by atoms with E-state index in [0.717, 1.165) is 0 Å². The fraction of sp³-hybridized carbons (Fsp3) is 0.143.